The number of rotatable bonds is 7. The van der Waals surface area contributed by atoms with Crippen molar-refractivity contribution in [1.29, 1.82) is 0 Å². The number of carbonyl (C=O) groups is 1. The van der Waals surface area contributed by atoms with Crippen LogP contribution in [-0.4, -0.2) is 5.97 Å². The molecule has 0 bridgehead atoms. The van der Waals surface area contributed by atoms with Crippen LogP contribution in [0, 0.1) is 5.92 Å². The van der Waals surface area contributed by atoms with Gasteiger partial charge in [-0.25, -0.2) is 0 Å². The monoisotopic (exact) mass is 198 g/mol. The summed E-state index contributed by atoms with van der Waals surface area (Å²) in [6, 6.07) is 0. The van der Waals surface area contributed by atoms with Crippen molar-refractivity contribution in [2.45, 2.75) is 52.9 Å². The molecule has 0 saturated heterocycles. The molecule has 0 N–H and O–H groups in total. The van der Waals surface area contributed by atoms with Gasteiger partial charge in [-0.05, 0) is 12.8 Å². The Morgan fingerprint density at radius 2 is 2.00 bits per heavy atom. The molecule has 2 heteroatoms. The Hall–Kier alpha value is -0.790. The number of unbranched alkanes of at least 4 members (excludes halogenated alkanes) is 2. The van der Waals surface area contributed by atoms with E-state index in [4.69, 9.17) is 4.74 Å². The molecule has 0 spiro atoms. The van der Waals surface area contributed by atoms with E-state index in [2.05, 4.69) is 20.4 Å². The Morgan fingerprint density at radius 3 is 2.43 bits per heavy atom. The number of hydrogen-bond donors (Lipinski definition) is 0. The predicted octanol–water partition coefficient (Wildman–Crippen LogP) is 3.67. The van der Waals surface area contributed by atoms with Crippen LogP contribution >= 0.6 is 0 Å². The predicted molar refractivity (Wildman–Crippen MR) is 58.8 cm³/mol. The van der Waals surface area contributed by atoms with Crippen LogP contribution in [0.25, 0.3) is 0 Å². The molecule has 14 heavy (non-hydrogen) atoms. The standard InChI is InChI=1S/C12H22O2/c1-5-7-8-9-12(6-2)10(3)14-11(4)13/h12H,3,5-9H2,1-2,4H3. The van der Waals surface area contributed by atoms with Gasteiger partial charge in [-0.15, -0.1) is 0 Å². The van der Waals surface area contributed by atoms with E-state index in [9.17, 15) is 4.79 Å². The van der Waals surface area contributed by atoms with Gasteiger partial charge in [0.1, 0.15) is 5.76 Å². The average molecular weight is 198 g/mol. The van der Waals surface area contributed by atoms with Crippen molar-refractivity contribution in [2.24, 2.45) is 5.92 Å². The van der Waals surface area contributed by atoms with Crippen LogP contribution in [-0.2, 0) is 9.53 Å². The highest BCUT2D eigenvalue weighted by molar-refractivity contribution is 5.67. The first-order valence-corrected chi connectivity index (χ1v) is 5.49. The molecule has 2 nitrogen and oxygen atoms in total. The maximum absolute atomic E-state index is 10.7. The summed E-state index contributed by atoms with van der Waals surface area (Å²) in [5.41, 5.74) is 0. The summed E-state index contributed by atoms with van der Waals surface area (Å²) in [5, 5.41) is 0. The lowest BCUT2D eigenvalue weighted by Crippen LogP contribution is -2.08. The molecule has 1 atom stereocenters. The first-order valence-electron chi connectivity index (χ1n) is 5.49. The molecule has 0 rings (SSSR count). The van der Waals surface area contributed by atoms with Crippen molar-refractivity contribution in [3.63, 3.8) is 0 Å². The molecule has 0 fully saturated rings. The number of ether oxygens (including phenoxy) is 1. The van der Waals surface area contributed by atoms with Crippen LogP contribution in [0.1, 0.15) is 52.9 Å². The first kappa shape index (κ1) is 13.2. The molecule has 0 heterocycles. The van der Waals surface area contributed by atoms with Gasteiger partial charge in [-0.2, -0.15) is 0 Å². The molecule has 1 unspecified atom stereocenters. The van der Waals surface area contributed by atoms with Gasteiger partial charge >= 0.3 is 5.97 Å². The van der Waals surface area contributed by atoms with Crippen molar-refractivity contribution >= 4 is 5.97 Å². The fourth-order valence-corrected chi connectivity index (χ4v) is 1.50. The third-order valence-corrected chi connectivity index (χ3v) is 2.38. The van der Waals surface area contributed by atoms with E-state index in [-0.39, 0.29) is 5.97 Å². The Labute approximate surface area is 87.3 Å². The van der Waals surface area contributed by atoms with Gasteiger partial charge in [0.25, 0.3) is 0 Å². The number of esters is 1. The van der Waals surface area contributed by atoms with Crippen molar-refractivity contribution < 1.29 is 9.53 Å². The molecule has 0 aromatic rings. The van der Waals surface area contributed by atoms with Crippen molar-refractivity contribution in [2.75, 3.05) is 0 Å². The molecule has 0 aliphatic rings. The van der Waals surface area contributed by atoms with Crippen LogP contribution < -0.4 is 0 Å². The van der Waals surface area contributed by atoms with Gasteiger partial charge in [-0.1, -0.05) is 39.7 Å². The SMILES string of the molecule is C=C(OC(C)=O)C(CC)CCCCC. The average Bonchev–Trinajstić information content (AvgIpc) is 2.11. The van der Waals surface area contributed by atoms with Gasteiger partial charge in [-0.3, -0.25) is 4.79 Å². The van der Waals surface area contributed by atoms with Crippen molar-refractivity contribution in [3.8, 4) is 0 Å². The largest absolute Gasteiger partial charge is 0.432 e. The lowest BCUT2D eigenvalue weighted by atomic mass is 9.97. The van der Waals surface area contributed by atoms with Crippen LogP contribution in [0.4, 0.5) is 0 Å². The Morgan fingerprint density at radius 1 is 1.36 bits per heavy atom. The molecule has 0 aliphatic heterocycles. The van der Waals surface area contributed by atoms with Gasteiger partial charge in [0, 0.05) is 12.8 Å². The first-order chi connectivity index (χ1) is 6.61. The van der Waals surface area contributed by atoms with Crippen LogP contribution in [0.3, 0.4) is 0 Å². The lowest BCUT2D eigenvalue weighted by Gasteiger charge is -2.16. The summed E-state index contributed by atoms with van der Waals surface area (Å²) in [4.78, 5) is 10.7. The van der Waals surface area contributed by atoms with E-state index in [1.165, 1.54) is 26.2 Å². The van der Waals surface area contributed by atoms with Gasteiger partial charge in [0.15, 0.2) is 0 Å². The Bertz CT molecular complexity index is 185. The second-order valence-corrected chi connectivity index (χ2v) is 3.66. The third-order valence-electron chi connectivity index (χ3n) is 2.38. The van der Waals surface area contributed by atoms with E-state index < -0.39 is 0 Å². The number of allylic oxidation sites excluding steroid dienone is 1. The highest BCUT2D eigenvalue weighted by Crippen LogP contribution is 2.21. The molecule has 0 aromatic heterocycles. The zero-order valence-corrected chi connectivity index (χ0v) is 9.64. The minimum atomic E-state index is -0.260. The maximum atomic E-state index is 10.7. The third kappa shape index (κ3) is 5.79. The van der Waals surface area contributed by atoms with Gasteiger partial charge in [0.05, 0.1) is 0 Å². The summed E-state index contributed by atoms with van der Waals surface area (Å²) < 4.78 is 5.00. The van der Waals surface area contributed by atoms with E-state index in [0.717, 1.165) is 12.8 Å². The van der Waals surface area contributed by atoms with E-state index >= 15 is 0 Å². The number of carbonyl (C=O) groups excluding carboxylic acids is 1. The summed E-state index contributed by atoms with van der Waals surface area (Å²) in [7, 11) is 0. The molecule has 0 radical (unpaired) electrons. The molecule has 0 saturated carbocycles. The second-order valence-electron chi connectivity index (χ2n) is 3.66. The quantitative estimate of drug-likeness (QED) is 0.354. The summed E-state index contributed by atoms with van der Waals surface area (Å²) in [6.07, 6.45) is 5.72. The van der Waals surface area contributed by atoms with E-state index in [1.54, 1.807) is 0 Å². The Kier molecular flexibility index (Phi) is 7.17. The summed E-state index contributed by atoms with van der Waals surface area (Å²) >= 11 is 0. The lowest BCUT2D eigenvalue weighted by molar-refractivity contribution is -0.137. The summed E-state index contributed by atoms with van der Waals surface area (Å²) in [5.74, 6) is 0.713. The van der Waals surface area contributed by atoms with Crippen molar-refractivity contribution in [3.05, 3.63) is 12.3 Å². The normalized spacial score (nSPS) is 12.2. The van der Waals surface area contributed by atoms with Gasteiger partial charge in [0.2, 0.25) is 0 Å². The molecular formula is C12H22O2. The van der Waals surface area contributed by atoms with Crippen LogP contribution in [0.2, 0.25) is 0 Å². The highest BCUT2D eigenvalue weighted by atomic mass is 16.5. The molecule has 0 aliphatic carbocycles. The molecular weight excluding hydrogens is 176 g/mol. The number of hydrogen-bond acceptors (Lipinski definition) is 2. The Balaban J connectivity index is 3.86. The fraction of sp³-hybridized carbons (Fsp3) is 0.750. The van der Waals surface area contributed by atoms with E-state index in [1.807, 2.05) is 0 Å². The van der Waals surface area contributed by atoms with Crippen molar-refractivity contribution in [1.82, 2.24) is 0 Å². The second kappa shape index (κ2) is 7.60. The minimum absolute atomic E-state index is 0.260. The fourth-order valence-electron chi connectivity index (χ4n) is 1.50. The maximum Gasteiger partial charge on any atom is 0.307 e. The van der Waals surface area contributed by atoms with Crippen LogP contribution in [0.5, 0.6) is 0 Å². The molecule has 0 amide bonds. The van der Waals surface area contributed by atoms with Gasteiger partial charge < -0.3 is 4.74 Å². The summed E-state index contributed by atoms with van der Waals surface area (Å²) in [6.45, 7) is 9.51. The minimum Gasteiger partial charge on any atom is -0.432 e. The molecule has 82 valence electrons. The zero-order valence-electron chi connectivity index (χ0n) is 9.64. The zero-order chi connectivity index (χ0) is 11.0. The molecule has 0 aromatic carbocycles. The van der Waals surface area contributed by atoms with E-state index in [0.29, 0.717) is 11.7 Å². The van der Waals surface area contributed by atoms with Crippen LogP contribution in [0.15, 0.2) is 12.3 Å². The highest BCUT2D eigenvalue weighted by Gasteiger charge is 2.12. The smallest absolute Gasteiger partial charge is 0.307 e. The topological polar surface area (TPSA) is 26.3 Å².